The second-order valence-electron chi connectivity index (χ2n) is 11.5. The van der Waals surface area contributed by atoms with Gasteiger partial charge in [0, 0.05) is 12.6 Å². The van der Waals surface area contributed by atoms with E-state index < -0.39 is 42.0 Å². The molecule has 39 heavy (non-hydrogen) atoms. The van der Waals surface area contributed by atoms with Gasteiger partial charge in [-0.15, -0.1) is 0 Å². The van der Waals surface area contributed by atoms with Gasteiger partial charge in [-0.2, -0.15) is 0 Å². The first-order valence-corrected chi connectivity index (χ1v) is 14.1. The van der Waals surface area contributed by atoms with Gasteiger partial charge in [-0.25, -0.2) is 4.79 Å². The summed E-state index contributed by atoms with van der Waals surface area (Å²) in [5.74, 6) is -1.63. The summed E-state index contributed by atoms with van der Waals surface area (Å²) in [7, 11) is 0. The number of alkyl carbamates (subject to hydrolysis) is 1. The highest BCUT2D eigenvalue weighted by molar-refractivity contribution is 5.94. The Labute approximate surface area is 234 Å². The first-order chi connectivity index (χ1) is 18.2. The summed E-state index contributed by atoms with van der Waals surface area (Å²) >= 11 is 0. The summed E-state index contributed by atoms with van der Waals surface area (Å²) < 4.78 is 5.35. The van der Waals surface area contributed by atoms with Crippen LogP contribution in [0.1, 0.15) is 109 Å². The molecule has 0 aliphatic carbocycles. The number of aryl methyl sites for hydroxylation is 2. The van der Waals surface area contributed by atoms with E-state index in [1.807, 2.05) is 45.9 Å². The Morgan fingerprint density at radius 3 is 2.03 bits per heavy atom. The number of nitrogens with one attached hydrogen (secondary N) is 2. The third kappa shape index (κ3) is 12.1. The number of rotatable bonds is 15. The van der Waals surface area contributed by atoms with Crippen molar-refractivity contribution in [3.63, 3.8) is 0 Å². The van der Waals surface area contributed by atoms with E-state index in [2.05, 4.69) is 17.6 Å². The van der Waals surface area contributed by atoms with E-state index >= 15 is 0 Å². The normalized spacial score (nSPS) is 12.9. The predicted octanol–water partition coefficient (Wildman–Crippen LogP) is 4.83. The third-order valence-corrected chi connectivity index (χ3v) is 6.24. The van der Waals surface area contributed by atoms with Crippen LogP contribution in [0.2, 0.25) is 0 Å². The molecule has 0 saturated carbocycles. The van der Waals surface area contributed by atoms with Crippen molar-refractivity contribution in [1.29, 1.82) is 0 Å². The number of ether oxygens (including phenoxy) is 1. The lowest BCUT2D eigenvalue weighted by Gasteiger charge is -2.36. The molecular weight excluding hydrogens is 496 g/mol. The number of carbonyl (C=O) groups is 4. The van der Waals surface area contributed by atoms with Crippen molar-refractivity contribution in [2.45, 2.75) is 124 Å². The number of carbonyl (C=O) groups excluding carboxylic acids is 4. The summed E-state index contributed by atoms with van der Waals surface area (Å²) in [6.07, 6.45) is 4.68. The van der Waals surface area contributed by atoms with Crippen molar-refractivity contribution in [1.82, 2.24) is 15.5 Å². The largest absolute Gasteiger partial charge is 0.444 e. The van der Waals surface area contributed by atoms with E-state index in [1.54, 1.807) is 20.8 Å². The van der Waals surface area contributed by atoms with E-state index in [0.717, 1.165) is 48.8 Å². The van der Waals surface area contributed by atoms with Crippen LogP contribution in [0, 0.1) is 13.8 Å². The minimum atomic E-state index is -1.28. The fourth-order valence-corrected chi connectivity index (χ4v) is 4.53. The maximum atomic E-state index is 14.1. The number of benzene rings is 1. The summed E-state index contributed by atoms with van der Waals surface area (Å²) in [4.78, 5) is 54.0. The summed E-state index contributed by atoms with van der Waals surface area (Å²) in [6, 6.07) is 3.34. The second kappa shape index (κ2) is 16.1. The molecule has 1 rings (SSSR count). The van der Waals surface area contributed by atoms with E-state index in [4.69, 9.17) is 10.5 Å². The van der Waals surface area contributed by atoms with E-state index in [0.29, 0.717) is 6.42 Å². The zero-order valence-electron chi connectivity index (χ0n) is 25.2. The second-order valence-corrected chi connectivity index (χ2v) is 11.5. The average molecular weight is 547 g/mol. The van der Waals surface area contributed by atoms with E-state index in [9.17, 15) is 19.2 Å². The fraction of sp³-hybridized carbons (Fsp3) is 0.667. The minimum Gasteiger partial charge on any atom is -0.444 e. The molecule has 0 aromatic heterocycles. The molecular formula is C30H50N4O5. The Bertz CT molecular complexity index is 950. The van der Waals surface area contributed by atoms with Crippen LogP contribution in [-0.4, -0.2) is 52.9 Å². The molecule has 9 heteroatoms. The van der Waals surface area contributed by atoms with Crippen LogP contribution < -0.4 is 16.4 Å². The van der Waals surface area contributed by atoms with Crippen LogP contribution in [0.25, 0.3) is 0 Å². The number of nitrogens with zero attached hydrogens (tertiary/aromatic N) is 1. The van der Waals surface area contributed by atoms with Crippen molar-refractivity contribution in [3.05, 3.63) is 34.9 Å². The predicted molar refractivity (Wildman–Crippen MR) is 154 cm³/mol. The van der Waals surface area contributed by atoms with Crippen LogP contribution in [0.3, 0.4) is 0 Å². The lowest BCUT2D eigenvalue weighted by atomic mass is 9.93. The van der Waals surface area contributed by atoms with Crippen LogP contribution in [0.4, 0.5) is 4.79 Å². The molecule has 2 unspecified atom stereocenters. The fourth-order valence-electron chi connectivity index (χ4n) is 4.53. The first kappa shape index (κ1) is 33.9. The lowest BCUT2D eigenvalue weighted by Crippen LogP contribution is -2.54. The zero-order valence-corrected chi connectivity index (χ0v) is 25.2. The SMILES string of the molecule is CCCCCCCCN(C(=O)C(CC(N)=O)NC(=O)OC(C)(C)C)C(C(=O)NC(C)C)c1c(C)cccc1C. The first-order valence-electron chi connectivity index (χ1n) is 14.1. The quantitative estimate of drug-likeness (QED) is 0.271. The van der Waals surface area contributed by atoms with Crippen LogP contribution in [-0.2, 0) is 19.1 Å². The zero-order chi connectivity index (χ0) is 29.8. The maximum absolute atomic E-state index is 14.1. The van der Waals surface area contributed by atoms with Crippen molar-refractivity contribution in [2.75, 3.05) is 6.54 Å². The number of primary amides is 1. The highest BCUT2D eigenvalue weighted by Crippen LogP contribution is 2.29. The van der Waals surface area contributed by atoms with Gasteiger partial charge in [0.1, 0.15) is 17.7 Å². The summed E-state index contributed by atoms with van der Waals surface area (Å²) in [5.41, 5.74) is 7.14. The number of unbranched alkanes of at least 4 members (excludes halogenated alkanes) is 5. The summed E-state index contributed by atoms with van der Waals surface area (Å²) in [5, 5.41) is 5.50. The van der Waals surface area contributed by atoms with Gasteiger partial charge in [-0.1, -0.05) is 57.2 Å². The number of nitrogens with two attached hydrogens (primary N) is 1. The van der Waals surface area contributed by atoms with Crippen molar-refractivity contribution >= 4 is 23.8 Å². The molecule has 1 aromatic rings. The molecule has 0 aliphatic heterocycles. The Morgan fingerprint density at radius 2 is 1.51 bits per heavy atom. The molecule has 1 aromatic carbocycles. The average Bonchev–Trinajstić information content (AvgIpc) is 2.79. The molecule has 0 spiro atoms. The van der Waals surface area contributed by atoms with Gasteiger partial charge >= 0.3 is 6.09 Å². The molecule has 2 atom stereocenters. The lowest BCUT2D eigenvalue weighted by molar-refractivity contribution is -0.143. The van der Waals surface area contributed by atoms with Crippen molar-refractivity contribution in [2.24, 2.45) is 5.73 Å². The Morgan fingerprint density at radius 1 is 0.949 bits per heavy atom. The maximum Gasteiger partial charge on any atom is 0.408 e. The topological polar surface area (TPSA) is 131 Å². The molecule has 0 saturated heterocycles. The van der Waals surface area contributed by atoms with Gasteiger partial charge in [-0.3, -0.25) is 14.4 Å². The van der Waals surface area contributed by atoms with E-state index in [-0.39, 0.29) is 18.5 Å². The molecule has 0 fully saturated rings. The van der Waals surface area contributed by atoms with Gasteiger partial charge in [0.15, 0.2) is 0 Å². The highest BCUT2D eigenvalue weighted by atomic mass is 16.6. The Balaban J connectivity index is 3.54. The minimum absolute atomic E-state index is 0.156. The molecule has 0 radical (unpaired) electrons. The molecule has 9 nitrogen and oxygen atoms in total. The van der Waals surface area contributed by atoms with E-state index in [1.165, 1.54) is 4.90 Å². The third-order valence-electron chi connectivity index (χ3n) is 6.24. The van der Waals surface area contributed by atoms with Crippen LogP contribution in [0.15, 0.2) is 18.2 Å². The highest BCUT2D eigenvalue weighted by Gasteiger charge is 2.38. The molecule has 0 aliphatic rings. The van der Waals surface area contributed by atoms with Gasteiger partial charge in [0.05, 0.1) is 6.42 Å². The van der Waals surface area contributed by atoms with Gasteiger partial charge in [-0.05, 0) is 71.6 Å². The van der Waals surface area contributed by atoms with Crippen LogP contribution >= 0.6 is 0 Å². The molecule has 0 heterocycles. The molecule has 220 valence electrons. The molecule has 4 N–H and O–H groups in total. The number of hydrogen-bond donors (Lipinski definition) is 3. The van der Waals surface area contributed by atoms with Gasteiger partial charge in [0.2, 0.25) is 17.7 Å². The van der Waals surface area contributed by atoms with Crippen molar-refractivity contribution < 1.29 is 23.9 Å². The smallest absolute Gasteiger partial charge is 0.408 e. The Hall–Kier alpha value is -3.10. The molecule has 0 bridgehead atoms. The summed E-state index contributed by atoms with van der Waals surface area (Å²) in [6.45, 7) is 15.1. The van der Waals surface area contributed by atoms with Crippen molar-refractivity contribution in [3.8, 4) is 0 Å². The Kier molecular flexibility index (Phi) is 14.0. The van der Waals surface area contributed by atoms with Crippen LogP contribution in [0.5, 0.6) is 0 Å². The standard InChI is InChI=1S/C30H50N4O5/c1-9-10-11-12-13-14-18-34(28(37)23(19-24(31)35)33-29(38)39-30(6,7)8)26(27(36)32-20(2)3)25-21(4)16-15-17-22(25)5/h15-17,20,23,26H,9-14,18-19H2,1-8H3,(H2,31,35)(H,32,36)(H,33,38). The monoisotopic (exact) mass is 546 g/mol. The number of hydrogen-bond acceptors (Lipinski definition) is 5. The van der Waals surface area contributed by atoms with Gasteiger partial charge in [0.25, 0.3) is 0 Å². The van der Waals surface area contributed by atoms with Gasteiger partial charge < -0.3 is 26.0 Å². The molecule has 4 amide bonds. The number of amides is 4.